The molecule has 0 amide bonds. The molecule has 0 saturated carbocycles. The van der Waals surface area contributed by atoms with Crippen LogP contribution in [-0.2, 0) is 6.54 Å². The summed E-state index contributed by atoms with van der Waals surface area (Å²) in [6, 6.07) is 8.00. The molecule has 0 bridgehead atoms. The number of unbranched alkanes of at least 4 members (excludes halogenated alkanes) is 1. The highest BCUT2D eigenvalue weighted by atomic mass is 16.5. The molecule has 0 unspecified atom stereocenters. The number of benzene rings is 1. The summed E-state index contributed by atoms with van der Waals surface area (Å²) in [5, 5.41) is 11.7. The van der Waals surface area contributed by atoms with Crippen LogP contribution in [0.2, 0.25) is 0 Å². The fraction of sp³-hybridized carbons (Fsp3) is 0.500. The van der Waals surface area contributed by atoms with Crippen LogP contribution in [0.5, 0.6) is 11.5 Å². The lowest BCUT2D eigenvalue weighted by molar-refractivity contribution is 0.290. The van der Waals surface area contributed by atoms with Crippen molar-refractivity contribution in [3.63, 3.8) is 0 Å². The summed E-state index contributed by atoms with van der Waals surface area (Å²) in [5.74, 6) is 1.47. The van der Waals surface area contributed by atoms with Crippen LogP contribution in [0.1, 0.15) is 25.3 Å². The Bertz CT molecular complexity index is 399. The van der Waals surface area contributed by atoms with Crippen molar-refractivity contribution in [3.05, 3.63) is 23.8 Å². The largest absolute Gasteiger partial charge is 0.493 e. The van der Waals surface area contributed by atoms with Crippen LogP contribution >= 0.6 is 0 Å². The molecule has 1 N–H and O–H groups in total. The quantitative estimate of drug-likeness (QED) is 0.718. The van der Waals surface area contributed by atoms with Crippen molar-refractivity contribution in [2.45, 2.75) is 26.3 Å². The number of nitriles is 1. The summed E-state index contributed by atoms with van der Waals surface area (Å²) >= 11 is 0. The summed E-state index contributed by atoms with van der Waals surface area (Å²) in [5.41, 5.74) is 1.16. The molecular weight excluding hydrogens is 228 g/mol. The van der Waals surface area contributed by atoms with E-state index in [0.29, 0.717) is 13.0 Å². The minimum Gasteiger partial charge on any atom is -0.493 e. The third-order valence-corrected chi connectivity index (χ3v) is 2.50. The van der Waals surface area contributed by atoms with E-state index in [1.165, 1.54) is 0 Å². The third-order valence-electron chi connectivity index (χ3n) is 2.50. The van der Waals surface area contributed by atoms with Crippen molar-refractivity contribution >= 4 is 0 Å². The van der Waals surface area contributed by atoms with Gasteiger partial charge in [-0.05, 0) is 30.7 Å². The highest BCUT2D eigenvalue weighted by molar-refractivity contribution is 5.42. The van der Waals surface area contributed by atoms with Crippen molar-refractivity contribution in [3.8, 4) is 17.6 Å². The van der Waals surface area contributed by atoms with Gasteiger partial charge in [0.15, 0.2) is 11.5 Å². The summed E-state index contributed by atoms with van der Waals surface area (Å²) in [4.78, 5) is 0. The molecule has 4 nitrogen and oxygen atoms in total. The minimum atomic E-state index is 0.515. The van der Waals surface area contributed by atoms with E-state index >= 15 is 0 Å². The highest BCUT2D eigenvalue weighted by Gasteiger charge is 2.05. The number of nitrogens with one attached hydrogen (secondary N) is 1. The first kappa shape index (κ1) is 14.3. The van der Waals surface area contributed by atoms with Gasteiger partial charge in [0, 0.05) is 13.0 Å². The van der Waals surface area contributed by atoms with E-state index < -0.39 is 0 Å². The second-order valence-corrected chi connectivity index (χ2v) is 3.88. The van der Waals surface area contributed by atoms with Crippen LogP contribution in [-0.4, -0.2) is 20.3 Å². The molecule has 0 atom stereocenters. The number of rotatable bonds is 8. The Hall–Kier alpha value is -1.73. The molecule has 0 aliphatic rings. The molecule has 0 heterocycles. The van der Waals surface area contributed by atoms with Crippen molar-refractivity contribution in [1.82, 2.24) is 5.32 Å². The van der Waals surface area contributed by atoms with Gasteiger partial charge in [0.2, 0.25) is 0 Å². The maximum absolute atomic E-state index is 8.45. The van der Waals surface area contributed by atoms with Gasteiger partial charge in [-0.15, -0.1) is 0 Å². The number of hydrogen-bond donors (Lipinski definition) is 1. The van der Waals surface area contributed by atoms with Crippen molar-refractivity contribution in [2.75, 3.05) is 20.3 Å². The monoisotopic (exact) mass is 248 g/mol. The van der Waals surface area contributed by atoms with Gasteiger partial charge >= 0.3 is 0 Å². The molecule has 0 aliphatic carbocycles. The van der Waals surface area contributed by atoms with Crippen molar-refractivity contribution in [2.24, 2.45) is 0 Å². The topological polar surface area (TPSA) is 54.3 Å². The zero-order chi connectivity index (χ0) is 13.2. The number of hydrogen-bond acceptors (Lipinski definition) is 4. The maximum atomic E-state index is 8.45. The Labute approximate surface area is 109 Å². The molecule has 0 radical (unpaired) electrons. The van der Waals surface area contributed by atoms with E-state index in [9.17, 15) is 0 Å². The lowest BCUT2D eigenvalue weighted by Gasteiger charge is -2.12. The van der Waals surface area contributed by atoms with Crippen molar-refractivity contribution in [1.29, 1.82) is 5.26 Å². The fourth-order valence-electron chi connectivity index (χ4n) is 1.54. The Morgan fingerprint density at radius 2 is 2.17 bits per heavy atom. The molecule has 0 saturated heterocycles. The average molecular weight is 248 g/mol. The van der Waals surface area contributed by atoms with E-state index in [4.69, 9.17) is 14.7 Å². The summed E-state index contributed by atoms with van der Waals surface area (Å²) < 4.78 is 10.9. The zero-order valence-electron chi connectivity index (χ0n) is 11.0. The second-order valence-electron chi connectivity index (χ2n) is 3.88. The van der Waals surface area contributed by atoms with Gasteiger partial charge in [-0.2, -0.15) is 5.26 Å². The Morgan fingerprint density at radius 3 is 2.83 bits per heavy atom. The van der Waals surface area contributed by atoms with Gasteiger partial charge in [-0.1, -0.05) is 13.0 Å². The summed E-state index contributed by atoms with van der Waals surface area (Å²) in [6.45, 7) is 4.37. The molecule has 0 spiro atoms. The summed E-state index contributed by atoms with van der Waals surface area (Å²) in [6.07, 6.45) is 1.25. The first-order chi connectivity index (χ1) is 8.81. The van der Waals surface area contributed by atoms with Gasteiger partial charge in [0.05, 0.1) is 19.8 Å². The van der Waals surface area contributed by atoms with E-state index in [2.05, 4.69) is 18.3 Å². The van der Waals surface area contributed by atoms with Gasteiger partial charge in [-0.3, -0.25) is 0 Å². The van der Waals surface area contributed by atoms with E-state index in [1.807, 2.05) is 18.2 Å². The normalized spacial score (nSPS) is 9.83. The molecule has 0 aromatic heterocycles. The smallest absolute Gasteiger partial charge is 0.161 e. The Balaban J connectivity index is 2.59. The lowest BCUT2D eigenvalue weighted by atomic mass is 10.2. The summed E-state index contributed by atoms with van der Waals surface area (Å²) in [7, 11) is 1.63. The highest BCUT2D eigenvalue weighted by Crippen LogP contribution is 2.28. The molecule has 18 heavy (non-hydrogen) atoms. The van der Waals surface area contributed by atoms with E-state index in [1.54, 1.807) is 7.11 Å². The van der Waals surface area contributed by atoms with E-state index in [0.717, 1.165) is 36.6 Å². The molecule has 0 aliphatic heterocycles. The molecule has 98 valence electrons. The van der Waals surface area contributed by atoms with Gasteiger partial charge in [0.1, 0.15) is 0 Å². The first-order valence-electron chi connectivity index (χ1n) is 6.19. The Kier molecular flexibility index (Phi) is 6.67. The predicted molar refractivity (Wildman–Crippen MR) is 70.7 cm³/mol. The Morgan fingerprint density at radius 1 is 1.33 bits per heavy atom. The molecule has 1 aromatic carbocycles. The molecular formula is C14H20N2O2. The maximum Gasteiger partial charge on any atom is 0.161 e. The van der Waals surface area contributed by atoms with Crippen LogP contribution in [0.3, 0.4) is 0 Å². The van der Waals surface area contributed by atoms with Crippen LogP contribution in [0, 0.1) is 11.3 Å². The van der Waals surface area contributed by atoms with Crippen LogP contribution in [0.15, 0.2) is 18.2 Å². The lowest BCUT2D eigenvalue weighted by Crippen LogP contribution is -2.11. The molecule has 1 aromatic rings. The standard InChI is InChI=1S/C14H20N2O2/c1-3-16-11-12-6-7-13(14(10-12)17-2)18-9-5-4-8-15/h6-7,10,16H,3-5,9,11H2,1-2H3. The number of methoxy groups -OCH3 is 1. The van der Waals surface area contributed by atoms with Crippen molar-refractivity contribution < 1.29 is 9.47 Å². The van der Waals surface area contributed by atoms with Crippen LogP contribution < -0.4 is 14.8 Å². The van der Waals surface area contributed by atoms with Gasteiger partial charge in [0.25, 0.3) is 0 Å². The van der Waals surface area contributed by atoms with E-state index in [-0.39, 0.29) is 0 Å². The molecule has 4 heteroatoms. The van der Waals surface area contributed by atoms with Gasteiger partial charge < -0.3 is 14.8 Å². The second kappa shape index (κ2) is 8.37. The average Bonchev–Trinajstić information content (AvgIpc) is 2.42. The number of nitrogens with zero attached hydrogens (tertiary/aromatic N) is 1. The number of ether oxygens (including phenoxy) is 2. The molecule has 0 fully saturated rings. The fourth-order valence-corrected chi connectivity index (χ4v) is 1.54. The SMILES string of the molecule is CCNCc1ccc(OCCCC#N)c(OC)c1. The minimum absolute atomic E-state index is 0.515. The van der Waals surface area contributed by atoms with Crippen LogP contribution in [0.25, 0.3) is 0 Å². The van der Waals surface area contributed by atoms with Crippen LogP contribution in [0.4, 0.5) is 0 Å². The predicted octanol–water partition coefficient (Wildman–Crippen LogP) is 2.49. The third kappa shape index (κ3) is 4.64. The van der Waals surface area contributed by atoms with Gasteiger partial charge in [-0.25, -0.2) is 0 Å². The zero-order valence-corrected chi connectivity index (χ0v) is 11.0. The first-order valence-corrected chi connectivity index (χ1v) is 6.19. The molecule has 1 rings (SSSR count).